The first-order chi connectivity index (χ1) is 12.6. The summed E-state index contributed by atoms with van der Waals surface area (Å²) in [7, 11) is 1.54. The van der Waals surface area contributed by atoms with Crippen LogP contribution in [0.3, 0.4) is 0 Å². The molecule has 0 aliphatic rings. The summed E-state index contributed by atoms with van der Waals surface area (Å²) in [6.07, 6.45) is 1.59. The van der Waals surface area contributed by atoms with Crippen molar-refractivity contribution < 1.29 is 19.1 Å². The molecule has 0 aliphatic heterocycles. The molecule has 2 heterocycles. The number of benzene rings is 1. The van der Waals surface area contributed by atoms with Gasteiger partial charge in [-0.25, -0.2) is 4.98 Å². The number of rotatable bonds is 6. The van der Waals surface area contributed by atoms with Crippen LogP contribution in [0, 0.1) is 0 Å². The minimum atomic E-state index is -0.332. The lowest BCUT2D eigenvalue weighted by molar-refractivity contribution is -0.142. The van der Waals surface area contributed by atoms with Gasteiger partial charge in [0.2, 0.25) is 0 Å². The molecule has 8 heteroatoms. The van der Waals surface area contributed by atoms with E-state index in [1.165, 1.54) is 13.2 Å². The smallest absolute Gasteiger partial charge is 0.313 e. The van der Waals surface area contributed by atoms with Crippen LogP contribution in [0.1, 0.15) is 23.2 Å². The van der Waals surface area contributed by atoms with Crippen LogP contribution in [0.5, 0.6) is 11.5 Å². The van der Waals surface area contributed by atoms with E-state index in [1.54, 1.807) is 31.2 Å². The summed E-state index contributed by atoms with van der Waals surface area (Å²) in [6, 6.07) is 8.55. The molecule has 8 nitrogen and oxygen atoms in total. The maximum absolute atomic E-state index is 11.6. The molecule has 0 spiro atoms. The quantitative estimate of drug-likeness (QED) is 0.658. The molecule has 0 bridgehead atoms. The molecule has 2 aromatic heterocycles. The number of esters is 1. The number of ether oxygens (including phenoxy) is 2. The highest BCUT2D eigenvalue weighted by molar-refractivity contribution is 5.92. The highest BCUT2D eigenvalue weighted by Gasteiger charge is 2.11. The normalized spacial score (nSPS) is 10.5. The molecule has 1 amide bonds. The van der Waals surface area contributed by atoms with Gasteiger partial charge in [-0.1, -0.05) is 0 Å². The van der Waals surface area contributed by atoms with Gasteiger partial charge in [0.25, 0.3) is 5.91 Å². The zero-order chi connectivity index (χ0) is 18.5. The number of nitrogens with one attached hydrogen (secondary N) is 2. The second-order valence-electron chi connectivity index (χ2n) is 5.40. The lowest BCUT2D eigenvalue weighted by Crippen LogP contribution is -2.18. The Hall–Kier alpha value is -3.42. The Morgan fingerprint density at radius 3 is 2.77 bits per heavy atom. The summed E-state index contributed by atoms with van der Waals surface area (Å²) in [4.78, 5) is 34.7. The first-order valence-corrected chi connectivity index (χ1v) is 8.09. The fourth-order valence-corrected chi connectivity index (χ4v) is 2.40. The molecule has 0 aliphatic carbocycles. The number of pyridine rings is 1. The van der Waals surface area contributed by atoms with Gasteiger partial charge in [0.1, 0.15) is 29.4 Å². The van der Waals surface area contributed by atoms with E-state index in [-0.39, 0.29) is 24.0 Å². The van der Waals surface area contributed by atoms with E-state index in [0.29, 0.717) is 29.4 Å². The predicted molar refractivity (Wildman–Crippen MR) is 94.1 cm³/mol. The van der Waals surface area contributed by atoms with Crippen molar-refractivity contribution in [2.75, 3.05) is 13.7 Å². The van der Waals surface area contributed by atoms with Crippen molar-refractivity contribution in [1.82, 2.24) is 20.3 Å². The lowest BCUT2D eigenvalue weighted by Gasteiger charge is -2.06. The van der Waals surface area contributed by atoms with Gasteiger partial charge in [-0.15, -0.1) is 0 Å². The number of imidazole rings is 1. The third-order valence-corrected chi connectivity index (χ3v) is 3.55. The molecular formula is C18H18N4O4. The number of amides is 1. The molecule has 3 aromatic rings. The van der Waals surface area contributed by atoms with Crippen molar-refractivity contribution in [3.63, 3.8) is 0 Å². The van der Waals surface area contributed by atoms with Gasteiger partial charge >= 0.3 is 5.97 Å². The first-order valence-electron chi connectivity index (χ1n) is 8.09. The summed E-state index contributed by atoms with van der Waals surface area (Å²) >= 11 is 0. The molecule has 0 atom stereocenters. The Balaban J connectivity index is 1.79. The number of hydrogen-bond donors (Lipinski definition) is 2. The third-order valence-electron chi connectivity index (χ3n) is 3.55. The van der Waals surface area contributed by atoms with Crippen LogP contribution in [0.15, 0.2) is 36.5 Å². The van der Waals surface area contributed by atoms with Crippen molar-refractivity contribution in [3.8, 4) is 11.5 Å². The SMILES string of the molecule is CCOC(=O)Cc1nc2cc(Oc3ccnc(C(=O)NC)c3)ccc2[nH]1. The maximum Gasteiger partial charge on any atom is 0.313 e. The van der Waals surface area contributed by atoms with Gasteiger partial charge in [-0.2, -0.15) is 0 Å². The number of hydrogen-bond acceptors (Lipinski definition) is 6. The number of carbonyl (C=O) groups is 2. The summed E-state index contributed by atoms with van der Waals surface area (Å²) in [5.74, 6) is 0.950. The van der Waals surface area contributed by atoms with Crippen molar-refractivity contribution in [2.24, 2.45) is 0 Å². The highest BCUT2D eigenvalue weighted by Crippen LogP contribution is 2.25. The third kappa shape index (κ3) is 3.97. The van der Waals surface area contributed by atoms with Crippen molar-refractivity contribution in [1.29, 1.82) is 0 Å². The monoisotopic (exact) mass is 354 g/mol. The Bertz CT molecular complexity index is 951. The molecule has 2 N–H and O–H groups in total. The average molecular weight is 354 g/mol. The zero-order valence-corrected chi connectivity index (χ0v) is 14.4. The Morgan fingerprint density at radius 1 is 1.19 bits per heavy atom. The number of H-pyrrole nitrogens is 1. The summed E-state index contributed by atoms with van der Waals surface area (Å²) < 4.78 is 10.7. The van der Waals surface area contributed by atoms with Crippen LogP contribution in [0.4, 0.5) is 0 Å². The number of aromatic nitrogens is 3. The minimum Gasteiger partial charge on any atom is -0.466 e. The molecule has 26 heavy (non-hydrogen) atoms. The fourth-order valence-electron chi connectivity index (χ4n) is 2.40. The first kappa shape index (κ1) is 17.4. The second kappa shape index (κ2) is 7.64. The van der Waals surface area contributed by atoms with Crippen LogP contribution >= 0.6 is 0 Å². The van der Waals surface area contributed by atoms with Crippen molar-refractivity contribution in [2.45, 2.75) is 13.3 Å². The molecule has 0 saturated heterocycles. The molecule has 0 unspecified atom stereocenters. The molecular weight excluding hydrogens is 336 g/mol. The maximum atomic E-state index is 11.6. The molecule has 0 fully saturated rings. The standard InChI is InChI=1S/C18H18N4O4/c1-3-25-17(23)10-16-21-13-5-4-11(8-14(13)22-16)26-12-6-7-20-15(9-12)18(24)19-2/h4-9H,3,10H2,1-2H3,(H,19,24)(H,21,22). The molecule has 0 radical (unpaired) electrons. The van der Waals surface area contributed by atoms with Gasteiger partial charge in [-0.3, -0.25) is 14.6 Å². The van der Waals surface area contributed by atoms with Crippen molar-refractivity contribution >= 4 is 22.9 Å². The molecule has 1 aromatic carbocycles. The molecule has 134 valence electrons. The van der Waals surface area contributed by atoms with Crippen LogP contribution < -0.4 is 10.1 Å². The molecule has 3 rings (SSSR count). The Labute approximate surface area is 149 Å². The average Bonchev–Trinajstić information content (AvgIpc) is 3.02. The zero-order valence-electron chi connectivity index (χ0n) is 14.4. The van der Waals surface area contributed by atoms with Gasteiger partial charge < -0.3 is 19.8 Å². The van der Waals surface area contributed by atoms with E-state index in [2.05, 4.69) is 20.3 Å². The second-order valence-corrected chi connectivity index (χ2v) is 5.40. The van der Waals surface area contributed by atoms with Crippen LogP contribution in [-0.2, 0) is 16.0 Å². The molecule has 0 saturated carbocycles. The summed E-state index contributed by atoms with van der Waals surface area (Å²) in [5, 5.41) is 2.51. The Kier molecular flexibility index (Phi) is 5.12. The van der Waals surface area contributed by atoms with Crippen molar-refractivity contribution in [3.05, 3.63) is 48.0 Å². The van der Waals surface area contributed by atoms with Crippen LogP contribution in [0.25, 0.3) is 11.0 Å². The number of fused-ring (bicyclic) bond motifs is 1. The number of nitrogens with zero attached hydrogens (tertiary/aromatic N) is 2. The summed E-state index contributed by atoms with van der Waals surface area (Å²) in [5.41, 5.74) is 1.72. The van der Waals surface area contributed by atoms with E-state index in [1.807, 2.05) is 6.07 Å². The highest BCUT2D eigenvalue weighted by atomic mass is 16.5. The van der Waals surface area contributed by atoms with E-state index in [9.17, 15) is 9.59 Å². The predicted octanol–water partition coefficient (Wildman–Crippen LogP) is 2.22. The van der Waals surface area contributed by atoms with Gasteiger partial charge in [0.05, 0.1) is 17.6 Å². The van der Waals surface area contributed by atoms with E-state index < -0.39 is 0 Å². The largest absolute Gasteiger partial charge is 0.466 e. The lowest BCUT2D eigenvalue weighted by atomic mass is 10.3. The van der Waals surface area contributed by atoms with E-state index >= 15 is 0 Å². The number of carbonyl (C=O) groups excluding carboxylic acids is 2. The fraction of sp³-hybridized carbons (Fsp3) is 0.222. The minimum absolute atomic E-state index is 0.0819. The number of aromatic amines is 1. The van der Waals surface area contributed by atoms with E-state index in [0.717, 1.165) is 5.52 Å². The summed E-state index contributed by atoms with van der Waals surface area (Å²) in [6.45, 7) is 2.09. The van der Waals surface area contributed by atoms with Gasteiger partial charge in [0, 0.05) is 25.4 Å². The van der Waals surface area contributed by atoms with E-state index in [4.69, 9.17) is 9.47 Å². The van der Waals surface area contributed by atoms with Gasteiger partial charge in [0.15, 0.2) is 0 Å². The van der Waals surface area contributed by atoms with Crippen LogP contribution in [0.2, 0.25) is 0 Å². The van der Waals surface area contributed by atoms with Crippen LogP contribution in [-0.4, -0.2) is 40.5 Å². The Morgan fingerprint density at radius 2 is 2.00 bits per heavy atom. The van der Waals surface area contributed by atoms with Gasteiger partial charge in [-0.05, 0) is 25.1 Å². The topological polar surface area (TPSA) is 106 Å².